The van der Waals surface area contributed by atoms with Crippen molar-refractivity contribution < 1.29 is 14.3 Å². The van der Waals surface area contributed by atoms with Crippen molar-refractivity contribution in [1.29, 1.82) is 0 Å². The van der Waals surface area contributed by atoms with E-state index in [0.29, 0.717) is 23.1 Å². The molecule has 3 heterocycles. The molecule has 0 spiro atoms. The number of aryl methyl sites for hydroxylation is 2. The number of esters is 1. The average molecular weight is 502 g/mol. The molecular weight excluding hydrogens is 474 g/mol. The van der Waals surface area contributed by atoms with Crippen molar-refractivity contribution in [3.05, 3.63) is 32.8 Å². The van der Waals surface area contributed by atoms with Gasteiger partial charge in [-0.15, -0.1) is 22.7 Å². The molecule has 1 atom stereocenters. The van der Waals surface area contributed by atoms with E-state index in [2.05, 4.69) is 22.2 Å². The largest absolute Gasteiger partial charge is 0.462 e. The lowest BCUT2D eigenvalue weighted by molar-refractivity contribution is -0.113. The number of fused-ring (bicyclic) bond motifs is 4. The molecule has 174 valence electrons. The highest BCUT2D eigenvalue weighted by molar-refractivity contribution is 8.00. The minimum Gasteiger partial charge on any atom is -0.462 e. The van der Waals surface area contributed by atoms with Gasteiger partial charge in [0, 0.05) is 15.1 Å². The second kappa shape index (κ2) is 9.72. The van der Waals surface area contributed by atoms with E-state index in [-0.39, 0.29) is 17.6 Å². The van der Waals surface area contributed by atoms with Gasteiger partial charge in [0.1, 0.15) is 21.2 Å². The highest BCUT2D eigenvalue weighted by Crippen LogP contribution is 2.41. The first kappa shape index (κ1) is 22.8. The van der Waals surface area contributed by atoms with E-state index in [1.165, 1.54) is 44.8 Å². The summed E-state index contributed by atoms with van der Waals surface area (Å²) in [6, 6.07) is 0. The number of thioether (sulfide) groups is 1. The fraction of sp³-hybridized carbons (Fsp3) is 0.500. The third-order valence-corrected chi connectivity index (χ3v) is 9.66. The van der Waals surface area contributed by atoms with Gasteiger partial charge in [0.2, 0.25) is 5.91 Å². The number of hydrogen-bond acceptors (Lipinski definition) is 8. The summed E-state index contributed by atoms with van der Waals surface area (Å²) < 4.78 is 5.30. The summed E-state index contributed by atoms with van der Waals surface area (Å²) in [5.41, 5.74) is 2.98. The topological polar surface area (TPSA) is 81.2 Å². The standard InChI is InChI=1S/C24H27N3O3S3/c1-3-30-24(29)20-14-6-4-5-7-16(14)32-23(20)27-18(28)11-31-21-19-15-9-8-13(2)10-17(15)33-22(19)26-12-25-21/h12-13H,3-11H2,1-2H3,(H,27,28). The number of ether oxygens (including phenoxy) is 1. The number of amides is 1. The quantitative estimate of drug-likeness (QED) is 0.266. The molecule has 9 heteroatoms. The summed E-state index contributed by atoms with van der Waals surface area (Å²) in [6.45, 7) is 4.42. The van der Waals surface area contributed by atoms with E-state index in [1.54, 1.807) is 24.6 Å². The van der Waals surface area contributed by atoms with Crippen LogP contribution in [0.1, 0.15) is 64.3 Å². The zero-order chi connectivity index (χ0) is 22.9. The second-order valence-corrected chi connectivity index (χ2v) is 11.8. The zero-order valence-electron chi connectivity index (χ0n) is 18.9. The van der Waals surface area contributed by atoms with Gasteiger partial charge in [-0.1, -0.05) is 18.7 Å². The van der Waals surface area contributed by atoms with Gasteiger partial charge >= 0.3 is 5.97 Å². The van der Waals surface area contributed by atoms with Crippen LogP contribution in [0, 0.1) is 5.92 Å². The molecule has 5 rings (SSSR count). The average Bonchev–Trinajstić information content (AvgIpc) is 3.35. The van der Waals surface area contributed by atoms with Crippen molar-refractivity contribution in [2.75, 3.05) is 17.7 Å². The minimum atomic E-state index is -0.337. The summed E-state index contributed by atoms with van der Waals surface area (Å²) in [6.07, 6.45) is 8.93. The Morgan fingerprint density at radius 3 is 2.85 bits per heavy atom. The molecular formula is C24H27N3O3S3. The summed E-state index contributed by atoms with van der Waals surface area (Å²) in [4.78, 5) is 38.2. The van der Waals surface area contributed by atoms with Gasteiger partial charge in [0.25, 0.3) is 0 Å². The number of nitrogens with one attached hydrogen (secondary N) is 1. The van der Waals surface area contributed by atoms with Gasteiger partial charge in [-0.3, -0.25) is 4.79 Å². The van der Waals surface area contributed by atoms with Crippen LogP contribution in [0.3, 0.4) is 0 Å². The second-order valence-electron chi connectivity index (χ2n) is 8.68. The van der Waals surface area contributed by atoms with Crippen LogP contribution in [0.15, 0.2) is 11.4 Å². The number of rotatable bonds is 6. The van der Waals surface area contributed by atoms with Crippen molar-refractivity contribution in [1.82, 2.24) is 9.97 Å². The molecule has 0 aliphatic heterocycles. The molecule has 0 bridgehead atoms. The third kappa shape index (κ3) is 4.55. The molecule has 0 fully saturated rings. The number of carbonyl (C=O) groups excluding carboxylic acids is 2. The van der Waals surface area contributed by atoms with Gasteiger partial charge in [-0.25, -0.2) is 14.8 Å². The Labute approximate surface area is 205 Å². The number of carbonyl (C=O) groups is 2. The Morgan fingerprint density at radius 1 is 1.15 bits per heavy atom. The number of hydrogen-bond donors (Lipinski definition) is 1. The zero-order valence-corrected chi connectivity index (χ0v) is 21.3. The highest BCUT2D eigenvalue weighted by Gasteiger charge is 2.28. The highest BCUT2D eigenvalue weighted by atomic mass is 32.2. The Kier molecular flexibility index (Phi) is 6.72. The van der Waals surface area contributed by atoms with Crippen LogP contribution in [0.4, 0.5) is 5.00 Å². The van der Waals surface area contributed by atoms with Crippen LogP contribution in [0.2, 0.25) is 0 Å². The van der Waals surface area contributed by atoms with Gasteiger partial charge in [0.15, 0.2) is 0 Å². The fourth-order valence-electron chi connectivity index (χ4n) is 4.73. The van der Waals surface area contributed by atoms with Crippen molar-refractivity contribution in [3.8, 4) is 0 Å². The molecule has 6 nitrogen and oxygen atoms in total. The van der Waals surface area contributed by atoms with Gasteiger partial charge < -0.3 is 10.1 Å². The molecule has 0 saturated carbocycles. The molecule has 0 aromatic carbocycles. The smallest absolute Gasteiger partial charge is 0.341 e. The molecule has 2 aliphatic rings. The number of aromatic nitrogens is 2. The van der Waals surface area contributed by atoms with E-state index < -0.39 is 0 Å². The maximum absolute atomic E-state index is 12.9. The molecule has 1 N–H and O–H groups in total. The summed E-state index contributed by atoms with van der Waals surface area (Å²) in [5.74, 6) is 0.466. The van der Waals surface area contributed by atoms with Gasteiger partial charge in [-0.05, 0) is 68.9 Å². The Hall–Kier alpha value is -1.97. The Balaban J connectivity index is 1.34. The SMILES string of the molecule is CCOC(=O)c1c(NC(=O)CSc2ncnc3sc4c(c23)CCC(C)C4)sc2c1CCCC2. The summed E-state index contributed by atoms with van der Waals surface area (Å²) >= 11 is 4.73. The van der Waals surface area contributed by atoms with E-state index in [9.17, 15) is 9.59 Å². The monoisotopic (exact) mass is 501 g/mol. The number of nitrogens with zero attached hydrogens (tertiary/aromatic N) is 2. The summed E-state index contributed by atoms with van der Waals surface area (Å²) in [7, 11) is 0. The van der Waals surface area contributed by atoms with Crippen molar-refractivity contribution >= 4 is 61.5 Å². The minimum absolute atomic E-state index is 0.131. The number of thiophene rings is 2. The predicted octanol–water partition coefficient (Wildman–Crippen LogP) is 5.66. The normalized spacial score (nSPS) is 17.5. The van der Waals surface area contributed by atoms with Crippen LogP contribution < -0.4 is 5.32 Å². The van der Waals surface area contributed by atoms with Gasteiger partial charge in [-0.2, -0.15) is 0 Å². The van der Waals surface area contributed by atoms with Crippen molar-refractivity contribution in [2.45, 2.75) is 63.8 Å². The third-order valence-electron chi connectivity index (χ3n) is 6.30. The van der Waals surface area contributed by atoms with E-state index in [0.717, 1.165) is 59.3 Å². The fourth-order valence-corrected chi connectivity index (χ4v) is 8.26. The van der Waals surface area contributed by atoms with E-state index in [4.69, 9.17) is 4.74 Å². The maximum Gasteiger partial charge on any atom is 0.341 e. The first-order valence-corrected chi connectivity index (χ1v) is 14.2. The molecule has 1 amide bonds. The van der Waals surface area contributed by atoms with Crippen LogP contribution >= 0.6 is 34.4 Å². The van der Waals surface area contributed by atoms with Crippen LogP contribution in [0.5, 0.6) is 0 Å². The molecule has 0 radical (unpaired) electrons. The Bertz CT molecular complexity index is 1220. The lowest BCUT2D eigenvalue weighted by Crippen LogP contribution is -2.17. The molecule has 2 aliphatic carbocycles. The summed E-state index contributed by atoms with van der Waals surface area (Å²) in [5, 5.41) is 5.63. The molecule has 3 aromatic rings. The molecule has 1 unspecified atom stereocenters. The van der Waals surface area contributed by atoms with Crippen LogP contribution in [-0.2, 0) is 35.2 Å². The number of anilines is 1. The van der Waals surface area contributed by atoms with E-state index in [1.807, 2.05) is 0 Å². The van der Waals surface area contributed by atoms with E-state index >= 15 is 0 Å². The predicted molar refractivity (Wildman–Crippen MR) is 135 cm³/mol. The van der Waals surface area contributed by atoms with Crippen LogP contribution in [-0.4, -0.2) is 34.2 Å². The van der Waals surface area contributed by atoms with Gasteiger partial charge in [0.05, 0.1) is 17.9 Å². The van der Waals surface area contributed by atoms with Crippen molar-refractivity contribution in [2.24, 2.45) is 5.92 Å². The molecule has 0 saturated heterocycles. The maximum atomic E-state index is 12.9. The first-order chi connectivity index (χ1) is 16.0. The van der Waals surface area contributed by atoms with Crippen LogP contribution in [0.25, 0.3) is 10.2 Å². The lowest BCUT2D eigenvalue weighted by Gasteiger charge is -2.18. The first-order valence-electron chi connectivity index (χ1n) is 11.5. The molecule has 3 aromatic heterocycles. The molecule has 33 heavy (non-hydrogen) atoms. The lowest BCUT2D eigenvalue weighted by atomic mass is 9.89. The van der Waals surface area contributed by atoms with Crippen molar-refractivity contribution in [3.63, 3.8) is 0 Å². The Morgan fingerprint density at radius 2 is 2.00 bits per heavy atom.